The fourth-order valence-electron chi connectivity index (χ4n) is 3.12. The van der Waals surface area contributed by atoms with Crippen LogP contribution in [0, 0.1) is 0 Å². The van der Waals surface area contributed by atoms with Crippen LogP contribution in [0.5, 0.6) is 0 Å². The van der Waals surface area contributed by atoms with E-state index in [0.717, 1.165) is 5.69 Å². The van der Waals surface area contributed by atoms with Gasteiger partial charge in [-0.1, -0.05) is 30.3 Å². The number of carboxylic acid groups (broad SMARTS) is 1. The van der Waals surface area contributed by atoms with Crippen LogP contribution in [0.4, 0.5) is 11.4 Å². The van der Waals surface area contributed by atoms with E-state index in [9.17, 15) is 14.7 Å². The first-order valence-electron chi connectivity index (χ1n) is 8.22. The zero-order chi connectivity index (χ0) is 19.0. The standard InChI is InChI=1S/C21H15NO5/c1-26-21(25)15-10-11-16(22-12-6-3-2-4-7-12)17-13-8-5-9-14(20(23)24)18(13)27-19(15)17/h2-11,22H,1H3,(H,23,24). The number of carboxylic acids is 1. The number of aromatic carboxylic acids is 1. The fourth-order valence-corrected chi connectivity index (χ4v) is 3.12. The number of nitrogens with one attached hydrogen (secondary N) is 1. The third-order valence-corrected chi connectivity index (χ3v) is 4.33. The molecule has 0 aliphatic rings. The molecule has 134 valence electrons. The molecule has 0 unspecified atom stereocenters. The Labute approximate surface area is 154 Å². The number of benzene rings is 3. The minimum Gasteiger partial charge on any atom is -0.478 e. The van der Waals surface area contributed by atoms with Crippen LogP contribution >= 0.6 is 0 Å². The number of carbonyl (C=O) groups excluding carboxylic acids is 1. The molecule has 4 aromatic rings. The van der Waals surface area contributed by atoms with E-state index in [4.69, 9.17) is 9.15 Å². The summed E-state index contributed by atoms with van der Waals surface area (Å²) in [5.41, 5.74) is 2.32. The summed E-state index contributed by atoms with van der Waals surface area (Å²) in [6.45, 7) is 0. The van der Waals surface area contributed by atoms with Crippen LogP contribution in [0.3, 0.4) is 0 Å². The van der Waals surface area contributed by atoms with Crippen LogP contribution in [0.15, 0.2) is 65.1 Å². The van der Waals surface area contributed by atoms with Gasteiger partial charge in [0, 0.05) is 11.1 Å². The highest BCUT2D eigenvalue weighted by Gasteiger charge is 2.22. The fraction of sp³-hybridized carbons (Fsp3) is 0.0476. The van der Waals surface area contributed by atoms with Crippen molar-refractivity contribution in [2.24, 2.45) is 0 Å². The molecule has 0 bridgehead atoms. The lowest BCUT2D eigenvalue weighted by Gasteiger charge is -2.09. The van der Waals surface area contributed by atoms with Crippen LogP contribution in [0.1, 0.15) is 20.7 Å². The summed E-state index contributed by atoms with van der Waals surface area (Å²) < 4.78 is 10.7. The van der Waals surface area contributed by atoms with Crippen LogP contribution in [-0.2, 0) is 4.74 Å². The molecule has 0 amide bonds. The molecule has 1 heterocycles. The molecule has 0 radical (unpaired) electrons. The van der Waals surface area contributed by atoms with Gasteiger partial charge in [0.2, 0.25) is 0 Å². The van der Waals surface area contributed by atoms with Gasteiger partial charge < -0.3 is 19.6 Å². The van der Waals surface area contributed by atoms with Crippen molar-refractivity contribution in [1.82, 2.24) is 0 Å². The maximum Gasteiger partial charge on any atom is 0.341 e. The van der Waals surface area contributed by atoms with Gasteiger partial charge >= 0.3 is 11.9 Å². The molecule has 2 N–H and O–H groups in total. The summed E-state index contributed by atoms with van der Waals surface area (Å²) in [6.07, 6.45) is 0. The topological polar surface area (TPSA) is 88.8 Å². The minimum absolute atomic E-state index is 0.0326. The van der Waals surface area contributed by atoms with E-state index in [1.54, 1.807) is 24.3 Å². The summed E-state index contributed by atoms with van der Waals surface area (Å²) in [5.74, 6) is -1.65. The third-order valence-electron chi connectivity index (χ3n) is 4.33. The lowest BCUT2D eigenvalue weighted by atomic mass is 10.0. The molecule has 0 aliphatic carbocycles. The van der Waals surface area contributed by atoms with E-state index in [0.29, 0.717) is 16.5 Å². The molecule has 4 rings (SSSR count). The molecule has 0 atom stereocenters. The van der Waals surface area contributed by atoms with Crippen molar-refractivity contribution >= 4 is 45.3 Å². The van der Waals surface area contributed by atoms with Crippen LogP contribution < -0.4 is 5.32 Å². The molecule has 0 saturated heterocycles. The Kier molecular flexibility index (Phi) is 4.01. The van der Waals surface area contributed by atoms with Gasteiger partial charge in [-0.3, -0.25) is 0 Å². The first-order valence-corrected chi connectivity index (χ1v) is 8.22. The highest BCUT2D eigenvalue weighted by Crippen LogP contribution is 2.39. The van der Waals surface area contributed by atoms with Gasteiger partial charge in [-0.2, -0.15) is 0 Å². The Bertz CT molecular complexity index is 1180. The molecular formula is C21H15NO5. The Morgan fingerprint density at radius 1 is 0.926 bits per heavy atom. The molecule has 3 aromatic carbocycles. The van der Waals surface area contributed by atoms with Crippen LogP contribution in [0.2, 0.25) is 0 Å². The second-order valence-electron chi connectivity index (χ2n) is 5.94. The number of esters is 1. The molecule has 6 nitrogen and oxygen atoms in total. The third kappa shape index (κ3) is 2.77. The molecule has 27 heavy (non-hydrogen) atoms. The number of hydrogen-bond acceptors (Lipinski definition) is 5. The van der Waals surface area contributed by atoms with Gasteiger partial charge in [0.15, 0.2) is 5.58 Å². The highest BCUT2D eigenvalue weighted by molar-refractivity contribution is 6.20. The highest BCUT2D eigenvalue weighted by atomic mass is 16.5. The summed E-state index contributed by atoms with van der Waals surface area (Å²) in [6, 6.07) is 17.8. The SMILES string of the molecule is COC(=O)c1ccc(Nc2ccccc2)c2c1oc1c(C(=O)O)cccc12. The first kappa shape index (κ1) is 16.7. The number of furan rings is 1. The quantitative estimate of drug-likeness (QED) is 0.507. The predicted octanol–water partition coefficient (Wildman–Crippen LogP) is 4.81. The Morgan fingerprint density at radius 3 is 2.41 bits per heavy atom. The Morgan fingerprint density at radius 2 is 1.70 bits per heavy atom. The van der Waals surface area contributed by atoms with Crippen molar-refractivity contribution in [3.05, 3.63) is 71.8 Å². The van der Waals surface area contributed by atoms with E-state index in [2.05, 4.69) is 5.32 Å². The lowest BCUT2D eigenvalue weighted by molar-refractivity contribution is 0.0601. The number of rotatable bonds is 4. The van der Waals surface area contributed by atoms with E-state index in [-0.39, 0.29) is 22.3 Å². The molecule has 0 fully saturated rings. The number of carbonyl (C=O) groups is 2. The van der Waals surface area contributed by atoms with Crippen LogP contribution in [0.25, 0.3) is 21.9 Å². The summed E-state index contributed by atoms with van der Waals surface area (Å²) in [7, 11) is 1.29. The summed E-state index contributed by atoms with van der Waals surface area (Å²) in [4.78, 5) is 23.7. The average Bonchev–Trinajstić information content (AvgIpc) is 3.08. The second-order valence-corrected chi connectivity index (χ2v) is 5.94. The number of anilines is 2. The van der Waals surface area contributed by atoms with E-state index in [1.807, 2.05) is 30.3 Å². The number of fused-ring (bicyclic) bond motifs is 3. The Balaban J connectivity index is 2.05. The van der Waals surface area contributed by atoms with Crippen LogP contribution in [-0.4, -0.2) is 24.2 Å². The van der Waals surface area contributed by atoms with Crippen molar-refractivity contribution in [3.63, 3.8) is 0 Å². The van der Waals surface area contributed by atoms with Gasteiger partial charge in [0.1, 0.15) is 16.7 Å². The van der Waals surface area contributed by atoms with Crippen molar-refractivity contribution in [3.8, 4) is 0 Å². The van der Waals surface area contributed by atoms with Gasteiger partial charge in [0.05, 0.1) is 18.2 Å². The zero-order valence-corrected chi connectivity index (χ0v) is 14.4. The second kappa shape index (κ2) is 6.49. The molecular weight excluding hydrogens is 346 g/mol. The van der Waals surface area contributed by atoms with Gasteiger partial charge in [-0.25, -0.2) is 9.59 Å². The molecule has 6 heteroatoms. The van der Waals surface area contributed by atoms with Crippen molar-refractivity contribution in [2.45, 2.75) is 0 Å². The van der Waals surface area contributed by atoms with E-state index in [1.165, 1.54) is 13.2 Å². The molecule has 0 spiro atoms. The van der Waals surface area contributed by atoms with Crippen molar-refractivity contribution in [1.29, 1.82) is 0 Å². The van der Waals surface area contributed by atoms with Crippen molar-refractivity contribution < 1.29 is 23.8 Å². The van der Waals surface area contributed by atoms with E-state index >= 15 is 0 Å². The number of ether oxygens (including phenoxy) is 1. The number of hydrogen-bond donors (Lipinski definition) is 2. The number of methoxy groups -OCH3 is 1. The largest absolute Gasteiger partial charge is 0.478 e. The van der Waals surface area contributed by atoms with E-state index < -0.39 is 11.9 Å². The summed E-state index contributed by atoms with van der Waals surface area (Å²) >= 11 is 0. The average molecular weight is 361 g/mol. The normalized spacial score (nSPS) is 10.9. The first-order chi connectivity index (χ1) is 13.1. The molecule has 0 saturated carbocycles. The van der Waals surface area contributed by atoms with Gasteiger partial charge in [-0.05, 0) is 30.3 Å². The van der Waals surface area contributed by atoms with Gasteiger partial charge in [-0.15, -0.1) is 0 Å². The van der Waals surface area contributed by atoms with Crippen molar-refractivity contribution in [2.75, 3.05) is 12.4 Å². The predicted molar refractivity (Wildman–Crippen MR) is 102 cm³/mol. The van der Waals surface area contributed by atoms with Gasteiger partial charge in [0.25, 0.3) is 0 Å². The number of para-hydroxylation sites is 2. The Hall–Kier alpha value is -3.80. The zero-order valence-electron chi connectivity index (χ0n) is 14.4. The summed E-state index contributed by atoms with van der Waals surface area (Å²) in [5, 5.41) is 14.0. The molecule has 0 aliphatic heterocycles. The smallest absolute Gasteiger partial charge is 0.341 e. The lowest BCUT2D eigenvalue weighted by Crippen LogP contribution is -2.02. The maximum atomic E-state index is 12.2. The molecule has 1 aromatic heterocycles. The minimum atomic E-state index is -1.10. The maximum absolute atomic E-state index is 12.2. The monoisotopic (exact) mass is 361 g/mol.